The highest BCUT2D eigenvalue weighted by molar-refractivity contribution is 6.00. The maximum absolute atomic E-state index is 13.0. The predicted molar refractivity (Wildman–Crippen MR) is 116 cm³/mol. The van der Waals surface area contributed by atoms with Crippen LogP contribution in [0.1, 0.15) is 12.8 Å². The van der Waals surface area contributed by atoms with Gasteiger partial charge in [0.05, 0.1) is 25.7 Å². The number of hydrogen-bond acceptors (Lipinski definition) is 7. The lowest BCUT2D eigenvalue weighted by atomic mass is 9.96. The fraction of sp³-hybridized carbons (Fsp3) is 0.652. The van der Waals surface area contributed by atoms with Crippen LogP contribution in [0.5, 0.6) is 11.5 Å². The molecule has 9 nitrogen and oxygen atoms in total. The Balaban J connectivity index is 1.20. The van der Waals surface area contributed by atoms with Crippen molar-refractivity contribution in [3.05, 3.63) is 18.2 Å². The molecular weight excluding hydrogens is 414 g/mol. The second-order valence-corrected chi connectivity index (χ2v) is 8.82. The first-order chi connectivity index (χ1) is 15.7. The first-order valence-electron chi connectivity index (χ1n) is 11.6. The van der Waals surface area contributed by atoms with Crippen LogP contribution in [0.2, 0.25) is 0 Å². The summed E-state index contributed by atoms with van der Waals surface area (Å²) in [5.41, 5.74) is 0.740. The van der Waals surface area contributed by atoms with Crippen LogP contribution >= 0.6 is 0 Å². The quantitative estimate of drug-likeness (QED) is 0.688. The first kappa shape index (κ1) is 21.5. The summed E-state index contributed by atoms with van der Waals surface area (Å²) in [6, 6.07) is 5.72. The lowest BCUT2D eigenvalue weighted by molar-refractivity contribution is -0.126. The van der Waals surface area contributed by atoms with Gasteiger partial charge in [-0.15, -0.1) is 0 Å². The third-order valence-electron chi connectivity index (χ3n) is 6.84. The van der Waals surface area contributed by atoms with E-state index in [4.69, 9.17) is 18.9 Å². The van der Waals surface area contributed by atoms with E-state index in [9.17, 15) is 9.59 Å². The lowest BCUT2D eigenvalue weighted by Gasteiger charge is -2.37. The van der Waals surface area contributed by atoms with E-state index >= 15 is 0 Å². The molecule has 1 aromatic rings. The summed E-state index contributed by atoms with van der Waals surface area (Å²) in [4.78, 5) is 29.8. The molecular formula is C23H31N3O6. The number of fused-ring (bicyclic) bond motifs is 1. The van der Waals surface area contributed by atoms with Gasteiger partial charge in [-0.3, -0.25) is 14.5 Å². The van der Waals surface area contributed by atoms with Crippen molar-refractivity contribution in [1.29, 1.82) is 0 Å². The van der Waals surface area contributed by atoms with Crippen molar-refractivity contribution in [3.8, 4) is 11.5 Å². The molecule has 3 unspecified atom stereocenters. The molecule has 1 aromatic carbocycles. The second-order valence-electron chi connectivity index (χ2n) is 8.82. The number of ether oxygens (including phenoxy) is 4. The number of carbonyl (C=O) groups is 2. The third kappa shape index (κ3) is 4.55. The molecule has 0 radical (unpaired) electrons. The van der Waals surface area contributed by atoms with Crippen molar-refractivity contribution in [2.75, 3.05) is 70.7 Å². The molecule has 3 fully saturated rings. The molecule has 1 N–H and O–H groups in total. The van der Waals surface area contributed by atoms with Crippen molar-refractivity contribution in [2.24, 2.45) is 11.8 Å². The summed E-state index contributed by atoms with van der Waals surface area (Å²) in [7, 11) is 0. The number of amides is 2. The van der Waals surface area contributed by atoms with Crippen LogP contribution in [0, 0.1) is 11.8 Å². The van der Waals surface area contributed by atoms with Crippen molar-refractivity contribution in [2.45, 2.75) is 18.9 Å². The second kappa shape index (κ2) is 9.64. The third-order valence-corrected chi connectivity index (χ3v) is 6.84. The standard InChI is InChI=1S/C23H31N3O6/c27-22-11-17(14-26(22)18-1-2-20-21(12-18)32-10-9-31-20)23(28)24-13-19(16-3-6-30-15-16)25-4-7-29-8-5-25/h1-2,12,16-17,19H,3-11,13-15H2,(H,24,28). The van der Waals surface area contributed by atoms with E-state index in [-0.39, 0.29) is 30.2 Å². The van der Waals surface area contributed by atoms with Crippen molar-refractivity contribution >= 4 is 17.5 Å². The largest absolute Gasteiger partial charge is 0.486 e. The molecule has 3 atom stereocenters. The number of carbonyl (C=O) groups excluding carboxylic acids is 2. The fourth-order valence-corrected chi connectivity index (χ4v) is 5.04. The smallest absolute Gasteiger partial charge is 0.227 e. The Morgan fingerprint density at radius 1 is 1.06 bits per heavy atom. The minimum absolute atomic E-state index is 0.0456. The molecule has 4 aliphatic rings. The molecule has 0 bridgehead atoms. The van der Waals surface area contributed by atoms with E-state index in [0.717, 1.165) is 51.6 Å². The van der Waals surface area contributed by atoms with Gasteiger partial charge in [0, 0.05) is 62.9 Å². The summed E-state index contributed by atoms with van der Waals surface area (Å²) in [5.74, 6) is 1.27. The Morgan fingerprint density at radius 3 is 2.66 bits per heavy atom. The van der Waals surface area contributed by atoms with Crippen LogP contribution in [0.4, 0.5) is 5.69 Å². The first-order valence-corrected chi connectivity index (χ1v) is 11.6. The molecule has 4 aliphatic heterocycles. The maximum atomic E-state index is 13.0. The molecule has 9 heteroatoms. The summed E-state index contributed by atoms with van der Waals surface area (Å²) < 4.78 is 22.3. The number of anilines is 1. The van der Waals surface area contributed by atoms with Crippen LogP contribution in [-0.2, 0) is 19.1 Å². The Bertz CT molecular complexity index is 837. The van der Waals surface area contributed by atoms with Gasteiger partial charge in [0.15, 0.2) is 11.5 Å². The van der Waals surface area contributed by atoms with Gasteiger partial charge in [-0.25, -0.2) is 0 Å². The average molecular weight is 446 g/mol. The van der Waals surface area contributed by atoms with Crippen molar-refractivity contribution in [1.82, 2.24) is 10.2 Å². The molecule has 2 amide bonds. The molecule has 32 heavy (non-hydrogen) atoms. The van der Waals surface area contributed by atoms with Crippen LogP contribution in [0.15, 0.2) is 18.2 Å². The lowest BCUT2D eigenvalue weighted by Crippen LogP contribution is -2.53. The van der Waals surface area contributed by atoms with E-state index in [1.54, 1.807) is 4.90 Å². The van der Waals surface area contributed by atoms with Crippen LogP contribution in [-0.4, -0.2) is 88.6 Å². The summed E-state index contributed by atoms with van der Waals surface area (Å²) >= 11 is 0. The highest BCUT2D eigenvalue weighted by atomic mass is 16.6. The highest BCUT2D eigenvalue weighted by Gasteiger charge is 2.37. The number of rotatable bonds is 6. The topological polar surface area (TPSA) is 89.6 Å². The minimum atomic E-state index is -0.360. The molecule has 4 heterocycles. The van der Waals surface area contributed by atoms with E-state index in [1.807, 2.05) is 18.2 Å². The molecule has 5 rings (SSSR count). The van der Waals surface area contributed by atoms with Crippen LogP contribution in [0.3, 0.4) is 0 Å². The zero-order chi connectivity index (χ0) is 21.9. The molecule has 3 saturated heterocycles. The Labute approximate surface area is 187 Å². The molecule has 0 saturated carbocycles. The summed E-state index contributed by atoms with van der Waals surface area (Å²) in [6.07, 6.45) is 1.23. The Hall–Kier alpha value is -2.36. The monoisotopic (exact) mass is 445 g/mol. The predicted octanol–water partition coefficient (Wildman–Crippen LogP) is 0.664. The van der Waals surface area contributed by atoms with Crippen LogP contribution in [0.25, 0.3) is 0 Å². The molecule has 0 aliphatic carbocycles. The highest BCUT2D eigenvalue weighted by Crippen LogP contribution is 2.36. The molecule has 0 aromatic heterocycles. The van der Waals surface area contributed by atoms with E-state index in [2.05, 4.69) is 10.2 Å². The zero-order valence-electron chi connectivity index (χ0n) is 18.3. The number of morpholine rings is 1. The van der Waals surface area contributed by atoms with E-state index in [1.165, 1.54) is 0 Å². The number of nitrogens with zero attached hydrogens (tertiary/aromatic N) is 2. The van der Waals surface area contributed by atoms with Gasteiger partial charge in [-0.2, -0.15) is 0 Å². The SMILES string of the molecule is O=C(NCC(C1CCOC1)N1CCOCC1)C1CC(=O)N(c2ccc3c(c2)OCCO3)C1. The van der Waals surface area contributed by atoms with Crippen molar-refractivity contribution < 1.29 is 28.5 Å². The average Bonchev–Trinajstić information content (AvgIpc) is 3.50. The van der Waals surface area contributed by atoms with Gasteiger partial charge in [-0.1, -0.05) is 0 Å². The number of hydrogen-bond donors (Lipinski definition) is 1. The molecule has 0 spiro atoms. The van der Waals surface area contributed by atoms with Crippen LogP contribution < -0.4 is 19.7 Å². The normalized spacial score (nSPS) is 26.9. The number of benzene rings is 1. The van der Waals surface area contributed by atoms with E-state index in [0.29, 0.717) is 43.7 Å². The van der Waals surface area contributed by atoms with Gasteiger partial charge in [0.1, 0.15) is 13.2 Å². The van der Waals surface area contributed by atoms with E-state index < -0.39 is 0 Å². The maximum Gasteiger partial charge on any atom is 0.227 e. The Kier molecular flexibility index (Phi) is 6.47. The van der Waals surface area contributed by atoms with Gasteiger partial charge >= 0.3 is 0 Å². The summed E-state index contributed by atoms with van der Waals surface area (Å²) in [5, 5.41) is 3.14. The minimum Gasteiger partial charge on any atom is -0.486 e. The van der Waals surface area contributed by atoms with Gasteiger partial charge in [0.2, 0.25) is 11.8 Å². The summed E-state index contributed by atoms with van der Waals surface area (Å²) in [6.45, 7) is 6.66. The number of nitrogens with one attached hydrogen (secondary N) is 1. The zero-order valence-corrected chi connectivity index (χ0v) is 18.3. The van der Waals surface area contributed by atoms with Gasteiger partial charge in [0.25, 0.3) is 0 Å². The Morgan fingerprint density at radius 2 is 1.88 bits per heavy atom. The molecule has 174 valence electrons. The van der Waals surface area contributed by atoms with Crippen molar-refractivity contribution in [3.63, 3.8) is 0 Å². The van der Waals surface area contributed by atoms with Gasteiger partial charge in [-0.05, 0) is 18.6 Å². The fourth-order valence-electron chi connectivity index (χ4n) is 5.04. The van der Waals surface area contributed by atoms with Gasteiger partial charge < -0.3 is 29.2 Å².